The number of hydrazone groups is 1. The van der Waals surface area contributed by atoms with E-state index in [-0.39, 0.29) is 0 Å². The van der Waals surface area contributed by atoms with Crippen molar-refractivity contribution in [2.75, 3.05) is 5.43 Å². The second kappa shape index (κ2) is 8.04. The van der Waals surface area contributed by atoms with Gasteiger partial charge in [-0.05, 0) is 30.5 Å². The molecule has 1 aromatic carbocycles. The van der Waals surface area contributed by atoms with E-state index in [2.05, 4.69) is 49.3 Å². The van der Waals surface area contributed by atoms with E-state index < -0.39 is 0 Å². The Morgan fingerprint density at radius 2 is 2.00 bits per heavy atom. The maximum absolute atomic E-state index is 3.67. The van der Waals surface area contributed by atoms with Gasteiger partial charge in [0, 0.05) is 6.72 Å². The molecule has 0 saturated carbocycles. The van der Waals surface area contributed by atoms with E-state index in [0.717, 1.165) is 12.1 Å². The molecule has 0 aromatic heterocycles. The molecule has 2 nitrogen and oxygen atoms in total. The minimum absolute atomic E-state index is 1.06. The maximum atomic E-state index is 3.67. The van der Waals surface area contributed by atoms with Crippen LogP contribution in [0.15, 0.2) is 23.3 Å². The van der Waals surface area contributed by atoms with Crippen molar-refractivity contribution >= 4 is 12.4 Å². The van der Waals surface area contributed by atoms with Crippen LogP contribution in [-0.4, -0.2) is 6.72 Å². The van der Waals surface area contributed by atoms with Crippen molar-refractivity contribution in [3.05, 3.63) is 29.3 Å². The van der Waals surface area contributed by atoms with E-state index >= 15 is 0 Å². The summed E-state index contributed by atoms with van der Waals surface area (Å²) >= 11 is 0. The van der Waals surface area contributed by atoms with Crippen LogP contribution in [0.2, 0.25) is 0 Å². The molecule has 1 N–H and O–H groups in total. The van der Waals surface area contributed by atoms with E-state index in [1.807, 2.05) is 13.8 Å². The standard InChI is InChI=1S/C11H16N2.C2H6/c1-4-5-10-7-6-9(2)11(8-10)13-12-3;1-2/h6-8,13H,3-5H2,1-2H3;1-2H3. The van der Waals surface area contributed by atoms with E-state index in [4.69, 9.17) is 0 Å². The fourth-order valence-corrected chi connectivity index (χ4v) is 1.32. The summed E-state index contributed by atoms with van der Waals surface area (Å²) in [5.74, 6) is 0. The molecule has 0 saturated heterocycles. The van der Waals surface area contributed by atoms with E-state index in [0.29, 0.717) is 0 Å². The van der Waals surface area contributed by atoms with Crippen molar-refractivity contribution < 1.29 is 0 Å². The Morgan fingerprint density at radius 1 is 1.33 bits per heavy atom. The molecule has 0 aliphatic rings. The highest BCUT2D eigenvalue weighted by atomic mass is 15.3. The number of nitrogens with zero attached hydrogens (tertiary/aromatic N) is 1. The molecule has 0 aliphatic heterocycles. The van der Waals surface area contributed by atoms with Crippen molar-refractivity contribution in [2.45, 2.75) is 40.5 Å². The molecule has 0 heterocycles. The average Bonchev–Trinajstić information content (AvgIpc) is 2.27. The minimum atomic E-state index is 1.06. The summed E-state index contributed by atoms with van der Waals surface area (Å²) in [6, 6.07) is 6.40. The quantitative estimate of drug-likeness (QED) is 0.584. The Hall–Kier alpha value is -1.31. The lowest BCUT2D eigenvalue weighted by Gasteiger charge is -2.06. The van der Waals surface area contributed by atoms with Crippen LogP contribution in [-0.2, 0) is 6.42 Å². The first-order valence-corrected chi connectivity index (χ1v) is 5.59. The second-order valence-electron chi connectivity index (χ2n) is 3.17. The SMILES string of the molecule is C=NNc1cc(CCC)ccc1C.CC. The molecule has 1 rings (SSSR count). The number of aryl methyl sites for hydroxylation is 2. The molecule has 0 aliphatic carbocycles. The number of nitrogens with one attached hydrogen (secondary N) is 1. The summed E-state index contributed by atoms with van der Waals surface area (Å²) in [7, 11) is 0. The zero-order valence-electron chi connectivity index (χ0n) is 10.3. The van der Waals surface area contributed by atoms with Crippen LogP contribution in [0.3, 0.4) is 0 Å². The summed E-state index contributed by atoms with van der Waals surface area (Å²) in [5.41, 5.74) is 6.49. The summed E-state index contributed by atoms with van der Waals surface area (Å²) in [5, 5.41) is 3.67. The van der Waals surface area contributed by atoms with Crippen LogP contribution >= 0.6 is 0 Å². The number of hydrogen-bond donors (Lipinski definition) is 1. The van der Waals surface area contributed by atoms with Crippen molar-refractivity contribution in [3.63, 3.8) is 0 Å². The van der Waals surface area contributed by atoms with Crippen molar-refractivity contribution in [1.82, 2.24) is 0 Å². The first-order valence-electron chi connectivity index (χ1n) is 5.59. The van der Waals surface area contributed by atoms with Gasteiger partial charge in [0.1, 0.15) is 0 Å². The Labute approximate surface area is 93.4 Å². The molecule has 0 atom stereocenters. The third-order valence-electron chi connectivity index (χ3n) is 2.04. The van der Waals surface area contributed by atoms with Crippen LogP contribution in [0, 0.1) is 6.92 Å². The molecule has 0 unspecified atom stereocenters. The summed E-state index contributed by atoms with van der Waals surface area (Å²) in [6.07, 6.45) is 2.29. The molecular weight excluding hydrogens is 184 g/mol. The van der Waals surface area contributed by atoms with Crippen LogP contribution in [0.5, 0.6) is 0 Å². The monoisotopic (exact) mass is 206 g/mol. The lowest BCUT2D eigenvalue weighted by molar-refractivity contribution is 0.921. The first-order chi connectivity index (χ1) is 7.27. The van der Waals surface area contributed by atoms with Gasteiger partial charge in [0.15, 0.2) is 0 Å². The Kier molecular flexibility index (Phi) is 7.33. The highest BCUT2D eigenvalue weighted by Crippen LogP contribution is 2.17. The van der Waals surface area contributed by atoms with E-state index in [1.54, 1.807) is 0 Å². The van der Waals surface area contributed by atoms with Crippen molar-refractivity contribution in [1.29, 1.82) is 0 Å². The predicted molar refractivity (Wildman–Crippen MR) is 69.7 cm³/mol. The highest BCUT2D eigenvalue weighted by Gasteiger charge is 1.98. The van der Waals surface area contributed by atoms with Gasteiger partial charge >= 0.3 is 0 Å². The number of rotatable bonds is 4. The van der Waals surface area contributed by atoms with E-state index in [1.165, 1.54) is 17.5 Å². The van der Waals surface area contributed by atoms with Crippen molar-refractivity contribution in [2.24, 2.45) is 5.10 Å². The molecular formula is C13H22N2. The molecule has 0 bridgehead atoms. The topological polar surface area (TPSA) is 24.4 Å². The number of anilines is 1. The summed E-state index contributed by atoms with van der Waals surface area (Å²) in [6.45, 7) is 11.6. The zero-order chi connectivity index (χ0) is 11.7. The van der Waals surface area contributed by atoms with Crippen LogP contribution < -0.4 is 5.43 Å². The van der Waals surface area contributed by atoms with Gasteiger partial charge in [0.05, 0.1) is 5.69 Å². The summed E-state index contributed by atoms with van der Waals surface area (Å²) in [4.78, 5) is 0. The Balaban J connectivity index is 0.000000921. The van der Waals surface area contributed by atoms with Gasteiger partial charge in [-0.3, -0.25) is 5.43 Å². The van der Waals surface area contributed by atoms with Gasteiger partial charge in [-0.15, -0.1) is 0 Å². The van der Waals surface area contributed by atoms with Crippen LogP contribution in [0.4, 0.5) is 5.69 Å². The van der Waals surface area contributed by atoms with Gasteiger partial charge in [0.2, 0.25) is 0 Å². The fraction of sp³-hybridized carbons (Fsp3) is 0.462. The minimum Gasteiger partial charge on any atom is -0.279 e. The molecule has 84 valence electrons. The molecule has 0 amide bonds. The third-order valence-corrected chi connectivity index (χ3v) is 2.04. The van der Waals surface area contributed by atoms with Gasteiger partial charge < -0.3 is 0 Å². The van der Waals surface area contributed by atoms with Crippen LogP contribution in [0.25, 0.3) is 0 Å². The maximum Gasteiger partial charge on any atom is 0.0593 e. The zero-order valence-corrected chi connectivity index (χ0v) is 10.3. The highest BCUT2D eigenvalue weighted by molar-refractivity contribution is 5.53. The second-order valence-corrected chi connectivity index (χ2v) is 3.17. The van der Waals surface area contributed by atoms with E-state index in [9.17, 15) is 0 Å². The Morgan fingerprint density at radius 3 is 2.53 bits per heavy atom. The van der Waals surface area contributed by atoms with Gasteiger partial charge in [-0.1, -0.05) is 39.3 Å². The third kappa shape index (κ3) is 4.63. The normalized spacial score (nSPS) is 8.80. The largest absolute Gasteiger partial charge is 0.279 e. The first kappa shape index (κ1) is 13.7. The molecule has 1 aromatic rings. The Bertz CT molecular complexity index is 293. The lowest BCUT2D eigenvalue weighted by atomic mass is 10.1. The fourth-order valence-electron chi connectivity index (χ4n) is 1.32. The van der Waals surface area contributed by atoms with Crippen molar-refractivity contribution in [3.8, 4) is 0 Å². The molecule has 0 fully saturated rings. The lowest BCUT2D eigenvalue weighted by Crippen LogP contribution is -1.92. The molecule has 0 spiro atoms. The van der Waals surface area contributed by atoms with Gasteiger partial charge in [-0.2, -0.15) is 5.10 Å². The van der Waals surface area contributed by atoms with Crippen LogP contribution in [0.1, 0.15) is 38.3 Å². The number of hydrogen-bond acceptors (Lipinski definition) is 2. The summed E-state index contributed by atoms with van der Waals surface area (Å²) < 4.78 is 0. The molecule has 15 heavy (non-hydrogen) atoms. The molecule has 0 radical (unpaired) electrons. The van der Waals surface area contributed by atoms with Gasteiger partial charge in [0.25, 0.3) is 0 Å². The smallest absolute Gasteiger partial charge is 0.0593 e. The number of benzene rings is 1. The molecule has 2 heteroatoms. The average molecular weight is 206 g/mol. The van der Waals surface area contributed by atoms with Gasteiger partial charge in [-0.25, -0.2) is 0 Å². The predicted octanol–water partition coefficient (Wildman–Crippen LogP) is 4.00.